The van der Waals surface area contributed by atoms with E-state index in [0.29, 0.717) is 24.2 Å². The van der Waals surface area contributed by atoms with E-state index >= 15 is 0 Å². The molecule has 1 unspecified atom stereocenters. The van der Waals surface area contributed by atoms with Crippen LogP contribution in [0.15, 0.2) is 18.2 Å². The summed E-state index contributed by atoms with van der Waals surface area (Å²) in [5.41, 5.74) is 1.22. The second-order valence-electron chi connectivity index (χ2n) is 3.69. The summed E-state index contributed by atoms with van der Waals surface area (Å²) in [5, 5.41) is 0. The molecule has 15 heavy (non-hydrogen) atoms. The van der Waals surface area contributed by atoms with Crippen LogP contribution in [0, 0.1) is 12.7 Å². The number of rotatable bonds is 1. The van der Waals surface area contributed by atoms with Gasteiger partial charge in [0.25, 0.3) is 0 Å². The second-order valence-corrected chi connectivity index (χ2v) is 4.98. The van der Waals surface area contributed by atoms with Gasteiger partial charge in [0.1, 0.15) is 5.82 Å². The number of benzene rings is 1. The summed E-state index contributed by atoms with van der Waals surface area (Å²) in [7, 11) is 0. The number of amides is 1. The summed E-state index contributed by atoms with van der Waals surface area (Å²) < 4.78 is 13.3. The molecule has 0 saturated carbocycles. The van der Waals surface area contributed by atoms with Crippen molar-refractivity contribution in [2.45, 2.75) is 18.2 Å². The van der Waals surface area contributed by atoms with Gasteiger partial charge in [0.05, 0.1) is 0 Å². The molecule has 0 aliphatic carbocycles. The van der Waals surface area contributed by atoms with Crippen molar-refractivity contribution in [3.63, 3.8) is 0 Å². The molecule has 1 fully saturated rings. The molecule has 0 bridgehead atoms. The average Bonchev–Trinajstić information content (AvgIpc) is 2.50. The van der Waals surface area contributed by atoms with Crippen LogP contribution in [0.1, 0.15) is 12.0 Å². The molecule has 0 radical (unpaired) electrons. The molecular formula is C11H11BrFNO. The molecule has 1 aliphatic rings. The van der Waals surface area contributed by atoms with Crippen molar-refractivity contribution in [2.75, 3.05) is 11.4 Å². The number of carbonyl (C=O) groups excluding carboxylic acids is 1. The normalized spacial score (nSPS) is 21.1. The summed E-state index contributed by atoms with van der Waals surface area (Å²) in [6.45, 7) is 2.31. The molecule has 2 nitrogen and oxygen atoms in total. The van der Waals surface area contributed by atoms with Crippen LogP contribution in [0.25, 0.3) is 0 Å². The Hall–Kier alpha value is -0.900. The van der Waals surface area contributed by atoms with Gasteiger partial charge in [-0.2, -0.15) is 0 Å². The summed E-state index contributed by atoms with van der Waals surface area (Å²) >= 11 is 3.40. The van der Waals surface area contributed by atoms with Gasteiger partial charge in [-0.05, 0) is 19.1 Å². The van der Waals surface area contributed by atoms with Crippen LogP contribution in [0.3, 0.4) is 0 Å². The molecule has 1 aliphatic heterocycles. The Morgan fingerprint density at radius 1 is 1.53 bits per heavy atom. The molecule has 2 rings (SSSR count). The molecule has 80 valence electrons. The quantitative estimate of drug-likeness (QED) is 0.720. The topological polar surface area (TPSA) is 20.3 Å². The van der Waals surface area contributed by atoms with Gasteiger partial charge < -0.3 is 4.90 Å². The molecule has 0 spiro atoms. The van der Waals surface area contributed by atoms with Gasteiger partial charge in [0.2, 0.25) is 5.91 Å². The fourth-order valence-electron chi connectivity index (χ4n) is 1.79. The van der Waals surface area contributed by atoms with E-state index in [0.717, 1.165) is 0 Å². The number of anilines is 1. The highest BCUT2D eigenvalue weighted by Crippen LogP contribution is 2.28. The van der Waals surface area contributed by atoms with Crippen LogP contribution >= 0.6 is 15.9 Å². The zero-order valence-electron chi connectivity index (χ0n) is 8.34. The van der Waals surface area contributed by atoms with E-state index in [-0.39, 0.29) is 16.6 Å². The first-order valence-electron chi connectivity index (χ1n) is 4.79. The van der Waals surface area contributed by atoms with Crippen LogP contribution < -0.4 is 4.90 Å². The minimum absolute atomic E-state index is 0.0468. The van der Waals surface area contributed by atoms with E-state index in [2.05, 4.69) is 15.9 Å². The Kier molecular flexibility index (Phi) is 2.78. The van der Waals surface area contributed by atoms with E-state index in [4.69, 9.17) is 0 Å². The van der Waals surface area contributed by atoms with Gasteiger partial charge in [-0.1, -0.05) is 22.0 Å². The SMILES string of the molecule is Cc1c(F)cccc1N1CC(Br)CC1=O. The number of alkyl halides is 1. The van der Waals surface area contributed by atoms with Crippen LogP contribution in [0.5, 0.6) is 0 Å². The van der Waals surface area contributed by atoms with Crippen molar-refractivity contribution in [1.82, 2.24) is 0 Å². The maximum absolute atomic E-state index is 13.3. The first-order valence-corrected chi connectivity index (χ1v) is 5.70. The molecule has 1 saturated heterocycles. The molecule has 1 atom stereocenters. The van der Waals surface area contributed by atoms with Crippen LogP contribution in [-0.4, -0.2) is 17.3 Å². The molecule has 4 heteroatoms. The van der Waals surface area contributed by atoms with E-state index in [1.54, 1.807) is 24.0 Å². The lowest BCUT2D eigenvalue weighted by Gasteiger charge is -2.18. The lowest BCUT2D eigenvalue weighted by molar-refractivity contribution is -0.117. The van der Waals surface area contributed by atoms with E-state index < -0.39 is 0 Å². The Morgan fingerprint density at radius 2 is 2.27 bits per heavy atom. The third-order valence-corrected chi connectivity index (χ3v) is 3.22. The van der Waals surface area contributed by atoms with Crippen molar-refractivity contribution in [1.29, 1.82) is 0 Å². The molecular weight excluding hydrogens is 261 g/mol. The molecule has 1 aromatic carbocycles. The first kappa shape index (κ1) is 10.6. The van der Waals surface area contributed by atoms with Gasteiger partial charge in [-0.3, -0.25) is 4.79 Å². The van der Waals surface area contributed by atoms with E-state index in [1.807, 2.05) is 0 Å². The highest BCUT2D eigenvalue weighted by Gasteiger charge is 2.29. The molecule has 1 heterocycles. The lowest BCUT2D eigenvalue weighted by atomic mass is 10.2. The zero-order chi connectivity index (χ0) is 11.0. The van der Waals surface area contributed by atoms with Crippen molar-refractivity contribution < 1.29 is 9.18 Å². The Labute approximate surface area is 96.2 Å². The predicted molar refractivity (Wildman–Crippen MR) is 60.8 cm³/mol. The van der Waals surface area contributed by atoms with Crippen molar-refractivity contribution in [2.24, 2.45) is 0 Å². The molecule has 1 amide bonds. The van der Waals surface area contributed by atoms with Gasteiger partial charge in [-0.15, -0.1) is 0 Å². The third kappa shape index (κ3) is 1.91. The number of hydrogen-bond acceptors (Lipinski definition) is 1. The summed E-state index contributed by atoms with van der Waals surface area (Å²) in [4.78, 5) is 13.4. The minimum Gasteiger partial charge on any atom is -0.311 e. The second kappa shape index (κ2) is 3.93. The zero-order valence-corrected chi connectivity index (χ0v) is 9.92. The Morgan fingerprint density at radius 3 is 2.87 bits per heavy atom. The van der Waals surface area contributed by atoms with Crippen molar-refractivity contribution in [3.8, 4) is 0 Å². The van der Waals surface area contributed by atoms with E-state index in [1.165, 1.54) is 6.07 Å². The number of hydrogen-bond donors (Lipinski definition) is 0. The predicted octanol–water partition coefficient (Wildman–Crippen LogP) is 2.63. The fourth-order valence-corrected chi connectivity index (χ4v) is 2.35. The van der Waals surface area contributed by atoms with Crippen LogP contribution in [0.4, 0.5) is 10.1 Å². The summed E-state index contributed by atoms with van der Waals surface area (Å²) in [5.74, 6) is -0.219. The van der Waals surface area contributed by atoms with Crippen molar-refractivity contribution >= 4 is 27.5 Å². The summed E-state index contributed by atoms with van der Waals surface area (Å²) in [6.07, 6.45) is 0.482. The average molecular weight is 272 g/mol. The molecule has 0 N–H and O–H groups in total. The largest absolute Gasteiger partial charge is 0.311 e. The minimum atomic E-state index is -0.265. The van der Waals surface area contributed by atoms with Crippen molar-refractivity contribution in [3.05, 3.63) is 29.6 Å². The van der Waals surface area contributed by atoms with Gasteiger partial charge in [0, 0.05) is 29.0 Å². The smallest absolute Gasteiger partial charge is 0.228 e. The first-order chi connectivity index (χ1) is 7.09. The van der Waals surface area contributed by atoms with E-state index in [9.17, 15) is 9.18 Å². The third-order valence-electron chi connectivity index (χ3n) is 2.61. The number of nitrogens with zero attached hydrogens (tertiary/aromatic N) is 1. The van der Waals surface area contributed by atoms with Gasteiger partial charge in [-0.25, -0.2) is 4.39 Å². The highest BCUT2D eigenvalue weighted by atomic mass is 79.9. The lowest BCUT2D eigenvalue weighted by Crippen LogP contribution is -2.25. The van der Waals surface area contributed by atoms with Crippen LogP contribution in [-0.2, 0) is 4.79 Å². The summed E-state index contributed by atoms with van der Waals surface area (Å²) in [6, 6.07) is 4.82. The Balaban J connectivity index is 2.38. The highest BCUT2D eigenvalue weighted by molar-refractivity contribution is 9.09. The number of carbonyl (C=O) groups is 1. The van der Waals surface area contributed by atoms with Crippen LogP contribution in [0.2, 0.25) is 0 Å². The monoisotopic (exact) mass is 271 g/mol. The standard InChI is InChI=1S/C11H11BrFNO/c1-7-9(13)3-2-4-10(7)14-6-8(12)5-11(14)15/h2-4,8H,5-6H2,1H3. The number of halogens is 2. The maximum Gasteiger partial charge on any atom is 0.228 e. The fraction of sp³-hybridized carbons (Fsp3) is 0.364. The van der Waals surface area contributed by atoms with Gasteiger partial charge in [0.15, 0.2) is 0 Å². The Bertz CT molecular complexity index is 408. The molecule has 0 aromatic heterocycles. The maximum atomic E-state index is 13.3. The van der Waals surface area contributed by atoms with Gasteiger partial charge >= 0.3 is 0 Å². The molecule has 1 aromatic rings.